The molecule has 1 heterocycles. The van der Waals surface area contributed by atoms with E-state index in [1.54, 1.807) is 0 Å². The first kappa shape index (κ1) is 13.1. The molecule has 2 aliphatic rings. The van der Waals surface area contributed by atoms with Gasteiger partial charge in [-0.15, -0.1) is 0 Å². The Kier molecular flexibility index (Phi) is 4.77. The second-order valence-corrected chi connectivity index (χ2v) is 5.10. The van der Waals surface area contributed by atoms with E-state index in [-0.39, 0.29) is 5.91 Å². The highest BCUT2D eigenvalue weighted by Gasteiger charge is 2.21. The average molecular weight is 247 g/mol. The lowest BCUT2D eigenvalue weighted by Gasteiger charge is -2.33. The smallest absolute Gasteiger partial charge is 0.226 e. The maximum Gasteiger partial charge on any atom is 0.226 e. The molecule has 1 fully saturated rings. The van der Waals surface area contributed by atoms with Crippen molar-refractivity contribution in [1.82, 2.24) is 9.80 Å². The van der Waals surface area contributed by atoms with Crippen LogP contribution in [0.5, 0.6) is 0 Å². The van der Waals surface area contributed by atoms with E-state index in [0.717, 1.165) is 39.0 Å². The van der Waals surface area contributed by atoms with E-state index in [1.807, 2.05) is 4.90 Å². The van der Waals surface area contributed by atoms with Gasteiger partial charge in [0.1, 0.15) is 0 Å². The first-order chi connectivity index (χ1) is 8.79. The van der Waals surface area contributed by atoms with Crippen LogP contribution in [0.25, 0.3) is 0 Å². The number of hydrogen-bond donors (Lipinski definition) is 0. The molecule has 18 heavy (non-hydrogen) atoms. The lowest BCUT2D eigenvalue weighted by Crippen LogP contribution is -2.48. The molecule has 1 aliphatic carbocycles. The molecule has 1 saturated heterocycles. The van der Waals surface area contributed by atoms with Crippen molar-refractivity contribution >= 4 is 5.91 Å². The number of carbonyl (C=O) groups excluding carboxylic acids is 1. The summed E-state index contributed by atoms with van der Waals surface area (Å²) in [5.74, 6) is 0.264. The second kappa shape index (κ2) is 6.55. The molecule has 0 aromatic carbocycles. The Bertz CT molecular complexity index is 362. The van der Waals surface area contributed by atoms with Gasteiger partial charge in [-0.05, 0) is 25.7 Å². The maximum atomic E-state index is 12.1. The van der Waals surface area contributed by atoms with Gasteiger partial charge in [-0.25, -0.2) is 0 Å². The zero-order valence-electron chi connectivity index (χ0n) is 10.9. The van der Waals surface area contributed by atoms with E-state index < -0.39 is 0 Å². The molecular weight excluding hydrogens is 226 g/mol. The topological polar surface area (TPSA) is 47.3 Å². The van der Waals surface area contributed by atoms with E-state index in [9.17, 15) is 4.79 Å². The molecule has 2 rings (SSSR count). The molecule has 98 valence electrons. The number of piperazine rings is 1. The molecule has 1 amide bonds. The van der Waals surface area contributed by atoms with Crippen molar-refractivity contribution in [3.05, 3.63) is 11.6 Å². The molecule has 1 aliphatic heterocycles. The average Bonchev–Trinajstić information content (AvgIpc) is 2.41. The summed E-state index contributed by atoms with van der Waals surface area (Å²) >= 11 is 0. The van der Waals surface area contributed by atoms with E-state index in [0.29, 0.717) is 13.0 Å². The third-order valence-electron chi connectivity index (χ3n) is 3.78. The summed E-state index contributed by atoms with van der Waals surface area (Å²) in [4.78, 5) is 16.2. The van der Waals surface area contributed by atoms with Crippen LogP contribution in [0.3, 0.4) is 0 Å². The fourth-order valence-corrected chi connectivity index (χ4v) is 2.63. The highest BCUT2D eigenvalue weighted by Crippen LogP contribution is 2.21. The monoisotopic (exact) mass is 247 g/mol. The summed E-state index contributed by atoms with van der Waals surface area (Å²) in [6.07, 6.45) is 7.59. The van der Waals surface area contributed by atoms with Crippen LogP contribution in [0.1, 0.15) is 32.1 Å². The summed E-state index contributed by atoms with van der Waals surface area (Å²) in [5.41, 5.74) is 1.32. The zero-order valence-corrected chi connectivity index (χ0v) is 10.9. The Morgan fingerprint density at radius 2 is 2.06 bits per heavy atom. The number of nitrogens with zero attached hydrogens (tertiary/aromatic N) is 3. The summed E-state index contributed by atoms with van der Waals surface area (Å²) in [7, 11) is 0. The molecule has 4 heteroatoms. The number of hydrogen-bond acceptors (Lipinski definition) is 3. The van der Waals surface area contributed by atoms with Crippen molar-refractivity contribution in [1.29, 1.82) is 5.26 Å². The first-order valence-electron chi connectivity index (χ1n) is 6.84. The summed E-state index contributed by atoms with van der Waals surface area (Å²) in [6, 6.07) is 2.16. The Morgan fingerprint density at radius 3 is 2.67 bits per heavy atom. The van der Waals surface area contributed by atoms with E-state index in [2.05, 4.69) is 17.0 Å². The predicted molar refractivity (Wildman–Crippen MR) is 69.8 cm³/mol. The van der Waals surface area contributed by atoms with Crippen LogP contribution in [-0.2, 0) is 4.79 Å². The normalized spacial score (nSPS) is 21.3. The van der Waals surface area contributed by atoms with Crippen LogP contribution < -0.4 is 0 Å². The predicted octanol–water partition coefficient (Wildman–Crippen LogP) is 1.54. The van der Waals surface area contributed by atoms with Gasteiger partial charge in [0.2, 0.25) is 5.91 Å². The zero-order chi connectivity index (χ0) is 12.8. The Labute approximate surface area is 109 Å². The quantitative estimate of drug-likeness (QED) is 0.561. The van der Waals surface area contributed by atoms with Crippen molar-refractivity contribution in [3.8, 4) is 6.07 Å². The van der Waals surface area contributed by atoms with Crippen LogP contribution in [0.15, 0.2) is 11.6 Å². The maximum absolute atomic E-state index is 12.1. The van der Waals surface area contributed by atoms with Crippen molar-refractivity contribution in [2.75, 3.05) is 32.7 Å². The van der Waals surface area contributed by atoms with Gasteiger partial charge in [-0.3, -0.25) is 9.69 Å². The van der Waals surface area contributed by atoms with Gasteiger partial charge in [0.25, 0.3) is 0 Å². The number of carbonyl (C=O) groups is 1. The first-order valence-corrected chi connectivity index (χ1v) is 6.84. The van der Waals surface area contributed by atoms with Crippen LogP contribution in [0.2, 0.25) is 0 Å². The molecule has 0 unspecified atom stereocenters. The molecule has 0 atom stereocenters. The fourth-order valence-electron chi connectivity index (χ4n) is 2.63. The lowest BCUT2D eigenvalue weighted by molar-refractivity contribution is -0.132. The van der Waals surface area contributed by atoms with E-state index >= 15 is 0 Å². The molecule has 0 aromatic rings. The molecule has 0 radical (unpaired) electrons. The third kappa shape index (κ3) is 3.58. The molecule has 0 N–H and O–H groups in total. The molecule has 0 bridgehead atoms. The number of rotatable bonds is 3. The standard InChI is InChI=1S/C14H21N3O/c15-6-7-16-8-10-17(11-9-16)14(18)12-13-4-2-1-3-5-13/h4H,1-3,5,7-12H2. The number of nitriles is 1. The largest absolute Gasteiger partial charge is 0.340 e. The van der Waals surface area contributed by atoms with Crippen LogP contribution >= 0.6 is 0 Å². The van der Waals surface area contributed by atoms with Crippen molar-refractivity contribution in [2.24, 2.45) is 0 Å². The van der Waals surface area contributed by atoms with Crippen molar-refractivity contribution in [3.63, 3.8) is 0 Å². The molecule has 4 nitrogen and oxygen atoms in total. The van der Waals surface area contributed by atoms with Gasteiger partial charge in [0.05, 0.1) is 12.6 Å². The van der Waals surface area contributed by atoms with Gasteiger partial charge in [-0.1, -0.05) is 11.6 Å². The van der Waals surface area contributed by atoms with Crippen LogP contribution in [0, 0.1) is 11.3 Å². The molecule has 0 aromatic heterocycles. The lowest BCUT2D eigenvalue weighted by atomic mass is 9.97. The minimum Gasteiger partial charge on any atom is -0.340 e. The van der Waals surface area contributed by atoms with Gasteiger partial charge in [0, 0.05) is 32.6 Å². The van der Waals surface area contributed by atoms with E-state index in [4.69, 9.17) is 5.26 Å². The van der Waals surface area contributed by atoms with E-state index in [1.165, 1.54) is 18.4 Å². The van der Waals surface area contributed by atoms with Crippen molar-refractivity contribution in [2.45, 2.75) is 32.1 Å². The van der Waals surface area contributed by atoms with Gasteiger partial charge < -0.3 is 4.90 Å². The number of allylic oxidation sites excluding steroid dienone is 1. The van der Waals surface area contributed by atoms with Crippen molar-refractivity contribution < 1.29 is 4.79 Å². The Hall–Kier alpha value is -1.34. The minimum atomic E-state index is 0.264. The van der Waals surface area contributed by atoms with Gasteiger partial charge >= 0.3 is 0 Å². The van der Waals surface area contributed by atoms with Crippen LogP contribution in [0.4, 0.5) is 0 Å². The third-order valence-corrected chi connectivity index (χ3v) is 3.78. The number of amides is 1. The summed E-state index contributed by atoms with van der Waals surface area (Å²) in [6.45, 7) is 3.69. The van der Waals surface area contributed by atoms with Crippen LogP contribution in [-0.4, -0.2) is 48.4 Å². The highest BCUT2D eigenvalue weighted by atomic mass is 16.2. The second-order valence-electron chi connectivity index (χ2n) is 5.10. The fraction of sp³-hybridized carbons (Fsp3) is 0.714. The van der Waals surface area contributed by atoms with Gasteiger partial charge in [0.15, 0.2) is 0 Å². The molecule has 0 saturated carbocycles. The summed E-state index contributed by atoms with van der Waals surface area (Å²) < 4.78 is 0. The SMILES string of the molecule is N#CCN1CCN(C(=O)CC2=CCCCC2)CC1. The van der Waals surface area contributed by atoms with Gasteiger partial charge in [-0.2, -0.15) is 5.26 Å². The Balaban J connectivity index is 1.77. The Morgan fingerprint density at radius 1 is 1.28 bits per heavy atom. The highest BCUT2D eigenvalue weighted by molar-refractivity contribution is 5.78. The molecular formula is C14H21N3O. The summed E-state index contributed by atoms with van der Waals surface area (Å²) in [5, 5.41) is 8.63. The molecule has 0 spiro atoms. The minimum absolute atomic E-state index is 0.264.